The van der Waals surface area contributed by atoms with Crippen molar-refractivity contribution < 1.29 is 28.7 Å². The number of rotatable bonds is 13. The number of likely N-dealkylation sites (N-methyl/N-ethyl adjacent to an activating group) is 1. The minimum atomic E-state index is -0.151. The van der Waals surface area contributed by atoms with E-state index in [4.69, 9.17) is 4.74 Å². The number of benzene rings is 1. The third-order valence-corrected chi connectivity index (χ3v) is 3.56. The van der Waals surface area contributed by atoms with Gasteiger partial charge in [-0.25, -0.2) is 0 Å². The fraction of sp³-hybridized carbons (Fsp3) is 0.474. The van der Waals surface area contributed by atoms with E-state index in [1.807, 2.05) is 24.3 Å². The Kier molecular flexibility index (Phi) is 9.86. The standard InChI is InChI=1S/C19H25NO6/c1-15(22)10-18(23)11-16-4-6-17(7-5-16)12-20(2)19(24)13-25-8-3-9-26-14-21/h4-7,14H,3,8-13H2,1-2H3. The summed E-state index contributed by atoms with van der Waals surface area (Å²) >= 11 is 0. The van der Waals surface area contributed by atoms with Crippen molar-refractivity contribution in [2.24, 2.45) is 0 Å². The Bertz CT molecular complexity index is 611. The molecule has 7 nitrogen and oxygen atoms in total. The molecule has 0 aliphatic heterocycles. The average Bonchev–Trinajstić information content (AvgIpc) is 2.58. The van der Waals surface area contributed by atoms with Crippen molar-refractivity contribution in [1.29, 1.82) is 0 Å². The first-order valence-electron chi connectivity index (χ1n) is 8.38. The number of ether oxygens (including phenoxy) is 2. The molecule has 142 valence electrons. The molecule has 0 saturated carbocycles. The van der Waals surface area contributed by atoms with Gasteiger partial charge in [0.1, 0.15) is 18.2 Å². The van der Waals surface area contributed by atoms with Gasteiger partial charge >= 0.3 is 0 Å². The van der Waals surface area contributed by atoms with Gasteiger partial charge in [0.25, 0.3) is 6.47 Å². The number of amides is 1. The molecule has 0 fully saturated rings. The van der Waals surface area contributed by atoms with Gasteiger partial charge in [-0.05, 0) is 18.1 Å². The van der Waals surface area contributed by atoms with E-state index in [9.17, 15) is 19.2 Å². The maximum absolute atomic E-state index is 12.0. The third kappa shape index (κ3) is 9.08. The molecule has 1 aromatic carbocycles. The van der Waals surface area contributed by atoms with Crippen molar-refractivity contribution in [3.8, 4) is 0 Å². The van der Waals surface area contributed by atoms with Gasteiger partial charge < -0.3 is 14.4 Å². The Morgan fingerprint density at radius 3 is 2.35 bits per heavy atom. The molecule has 0 aliphatic carbocycles. The molecule has 0 unspecified atom stereocenters. The normalized spacial score (nSPS) is 10.2. The van der Waals surface area contributed by atoms with E-state index >= 15 is 0 Å². The summed E-state index contributed by atoms with van der Waals surface area (Å²) in [4.78, 5) is 46.1. The van der Waals surface area contributed by atoms with Crippen molar-refractivity contribution in [3.05, 3.63) is 35.4 Å². The summed E-state index contributed by atoms with van der Waals surface area (Å²) in [7, 11) is 1.69. The van der Waals surface area contributed by atoms with E-state index in [1.165, 1.54) is 6.92 Å². The first-order valence-corrected chi connectivity index (χ1v) is 8.38. The van der Waals surface area contributed by atoms with Crippen molar-refractivity contribution in [3.63, 3.8) is 0 Å². The molecule has 7 heteroatoms. The number of carbonyl (C=O) groups is 4. The van der Waals surface area contributed by atoms with Crippen molar-refractivity contribution in [2.75, 3.05) is 26.9 Å². The van der Waals surface area contributed by atoms with Crippen LogP contribution in [0, 0.1) is 0 Å². The van der Waals surface area contributed by atoms with Crippen molar-refractivity contribution in [2.45, 2.75) is 32.7 Å². The zero-order valence-electron chi connectivity index (χ0n) is 15.2. The highest BCUT2D eigenvalue weighted by Gasteiger charge is 2.10. The van der Waals surface area contributed by atoms with Gasteiger partial charge in [0.05, 0.1) is 19.6 Å². The summed E-state index contributed by atoms with van der Waals surface area (Å²) < 4.78 is 9.77. The van der Waals surface area contributed by atoms with E-state index in [2.05, 4.69) is 4.74 Å². The van der Waals surface area contributed by atoms with Crippen LogP contribution in [-0.2, 0) is 41.6 Å². The number of carbonyl (C=O) groups excluding carboxylic acids is 4. The van der Waals surface area contributed by atoms with Gasteiger partial charge in [-0.15, -0.1) is 0 Å². The molecule has 0 aromatic heterocycles. The topological polar surface area (TPSA) is 90.0 Å². The fourth-order valence-corrected chi connectivity index (χ4v) is 2.25. The first kappa shape index (κ1) is 21.5. The van der Waals surface area contributed by atoms with Crippen LogP contribution < -0.4 is 0 Å². The summed E-state index contributed by atoms with van der Waals surface area (Å²) in [5, 5.41) is 0. The van der Waals surface area contributed by atoms with Crippen LogP contribution in [0.15, 0.2) is 24.3 Å². The lowest BCUT2D eigenvalue weighted by molar-refractivity contribution is -0.136. The molecule has 26 heavy (non-hydrogen) atoms. The lowest BCUT2D eigenvalue weighted by Gasteiger charge is -2.17. The maximum Gasteiger partial charge on any atom is 0.293 e. The molecule has 0 atom stereocenters. The zero-order valence-corrected chi connectivity index (χ0v) is 15.2. The quantitative estimate of drug-likeness (QED) is 0.298. The smallest absolute Gasteiger partial charge is 0.293 e. The Labute approximate surface area is 153 Å². The largest absolute Gasteiger partial charge is 0.468 e. The molecule has 0 bridgehead atoms. The van der Waals surface area contributed by atoms with Gasteiger partial charge in [0.15, 0.2) is 0 Å². The van der Waals surface area contributed by atoms with Crippen LogP contribution in [0.1, 0.15) is 30.9 Å². The first-order chi connectivity index (χ1) is 12.4. The highest BCUT2D eigenvalue weighted by atomic mass is 16.5. The number of ketones is 2. The Morgan fingerprint density at radius 2 is 1.73 bits per heavy atom. The molecular weight excluding hydrogens is 338 g/mol. The van der Waals surface area contributed by atoms with Gasteiger partial charge in [0, 0.05) is 26.4 Å². The third-order valence-electron chi connectivity index (χ3n) is 3.56. The molecule has 0 heterocycles. The number of nitrogens with zero attached hydrogens (tertiary/aromatic N) is 1. The van der Waals surface area contributed by atoms with Crippen molar-refractivity contribution in [1.82, 2.24) is 4.90 Å². The molecule has 0 radical (unpaired) electrons. The average molecular weight is 363 g/mol. The molecule has 1 aromatic rings. The molecule has 0 N–H and O–H groups in total. The summed E-state index contributed by atoms with van der Waals surface area (Å²) in [6.45, 7) is 2.79. The summed E-state index contributed by atoms with van der Waals surface area (Å²) in [6.07, 6.45) is 0.732. The van der Waals surface area contributed by atoms with Crippen LogP contribution in [0.5, 0.6) is 0 Å². The van der Waals surface area contributed by atoms with E-state index in [-0.39, 0.29) is 43.5 Å². The number of Topliss-reactive ketones (excluding diaryl/α,β-unsaturated/α-hetero) is 2. The van der Waals surface area contributed by atoms with E-state index < -0.39 is 0 Å². The minimum absolute atomic E-state index is 0.0325. The Hall–Kier alpha value is -2.54. The number of hydrogen-bond donors (Lipinski definition) is 0. The second-order valence-electron chi connectivity index (χ2n) is 6.03. The molecule has 0 saturated heterocycles. The minimum Gasteiger partial charge on any atom is -0.468 e. The highest BCUT2D eigenvalue weighted by Crippen LogP contribution is 2.09. The number of hydrogen-bond acceptors (Lipinski definition) is 6. The summed E-state index contributed by atoms with van der Waals surface area (Å²) in [6, 6.07) is 7.38. The predicted octanol–water partition coefficient (Wildman–Crippen LogP) is 1.32. The van der Waals surface area contributed by atoms with Crippen molar-refractivity contribution >= 4 is 23.9 Å². The molecule has 1 rings (SSSR count). The van der Waals surface area contributed by atoms with Crippen LogP contribution in [0.25, 0.3) is 0 Å². The summed E-state index contributed by atoms with van der Waals surface area (Å²) in [5.74, 6) is -0.388. The van der Waals surface area contributed by atoms with Crippen LogP contribution in [0.2, 0.25) is 0 Å². The van der Waals surface area contributed by atoms with E-state index in [0.29, 0.717) is 26.0 Å². The van der Waals surface area contributed by atoms with E-state index in [1.54, 1.807) is 11.9 Å². The fourth-order valence-electron chi connectivity index (χ4n) is 2.25. The van der Waals surface area contributed by atoms with Gasteiger partial charge in [0.2, 0.25) is 5.91 Å². The second-order valence-corrected chi connectivity index (χ2v) is 6.03. The lowest BCUT2D eigenvalue weighted by atomic mass is 10.0. The Balaban J connectivity index is 2.35. The molecule has 1 amide bonds. The monoisotopic (exact) mass is 363 g/mol. The predicted molar refractivity (Wildman–Crippen MR) is 94.4 cm³/mol. The summed E-state index contributed by atoms with van der Waals surface area (Å²) in [5.41, 5.74) is 1.78. The Morgan fingerprint density at radius 1 is 1.08 bits per heavy atom. The second kappa shape index (κ2) is 11.9. The molecule has 0 aliphatic rings. The zero-order chi connectivity index (χ0) is 19.4. The lowest BCUT2D eigenvalue weighted by Crippen LogP contribution is -2.30. The van der Waals surface area contributed by atoms with E-state index in [0.717, 1.165) is 11.1 Å². The maximum atomic E-state index is 12.0. The van der Waals surface area contributed by atoms with Crippen LogP contribution in [-0.4, -0.2) is 55.7 Å². The van der Waals surface area contributed by atoms with Crippen LogP contribution in [0.4, 0.5) is 0 Å². The van der Waals surface area contributed by atoms with Gasteiger partial charge in [-0.3, -0.25) is 19.2 Å². The van der Waals surface area contributed by atoms with Crippen LogP contribution in [0.3, 0.4) is 0 Å². The van der Waals surface area contributed by atoms with Crippen LogP contribution >= 0.6 is 0 Å². The molecular formula is C19H25NO6. The van der Waals surface area contributed by atoms with Gasteiger partial charge in [-0.1, -0.05) is 24.3 Å². The van der Waals surface area contributed by atoms with Gasteiger partial charge in [-0.2, -0.15) is 0 Å². The highest BCUT2D eigenvalue weighted by molar-refractivity contribution is 5.98. The SMILES string of the molecule is CC(=O)CC(=O)Cc1ccc(CN(C)C(=O)COCCCOC=O)cc1. The molecule has 0 spiro atoms.